The molecule has 1 amide bonds. The number of amides is 1. The molecule has 0 bridgehead atoms. The van der Waals surface area contributed by atoms with Gasteiger partial charge >= 0.3 is 0 Å². The molecule has 3 aromatic rings. The fourth-order valence-electron chi connectivity index (χ4n) is 2.43. The first-order valence-electron chi connectivity index (χ1n) is 7.76. The smallest absolute Gasteiger partial charge is 0.254 e. The Morgan fingerprint density at radius 1 is 1.19 bits per heavy atom. The van der Waals surface area contributed by atoms with Crippen LogP contribution in [0.15, 0.2) is 54.6 Å². The number of anilines is 1. The number of aliphatic hydroxyl groups excluding tert-OH is 1. The van der Waals surface area contributed by atoms with Crippen molar-refractivity contribution in [2.24, 2.45) is 5.73 Å². The minimum absolute atomic E-state index is 0. The van der Waals surface area contributed by atoms with Crippen molar-refractivity contribution in [1.82, 2.24) is 20.6 Å². The number of hydrogen-bond acceptors (Lipinski definition) is 6. The van der Waals surface area contributed by atoms with Gasteiger partial charge in [-0.25, -0.2) is 0 Å². The zero-order chi connectivity index (χ0) is 17.6. The minimum atomic E-state index is -1.32. The molecular weight excluding hydrogens is 356 g/mol. The quantitative estimate of drug-likeness (QED) is 0.512. The molecule has 0 aliphatic carbocycles. The second kappa shape index (κ2) is 9.04. The molecule has 9 heteroatoms. The van der Waals surface area contributed by atoms with E-state index in [9.17, 15) is 9.90 Å². The molecule has 0 saturated heterocycles. The number of carbonyl (C=O) groups is 1. The summed E-state index contributed by atoms with van der Waals surface area (Å²) in [5.74, 6) is -0.147. The Balaban J connectivity index is 0.00000243. The number of halogens is 1. The summed E-state index contributed by atoms with van der Waals surface area (Å²) in [7, 11) is 0. The van der Waals surface area contributed by atoms with Gasteiger partial charge in [0.2, 0.25) is 5.82 Å². The maximum absolute atomic E-state index is 12.3. The Kier molecular flexibility index (Phi) is 6.79. The van der Waals surface area contributed by atoms with Gasteiger partial charge < -0.3 is 16.2 Å². The molecule has 2 atom stereocenters. The monoisotopic (exact) mass is 374 g/mol. The largest absolute Gasteiger partial charge is 0.382 e. The van der Waals surface area contributed by atoms with Gasteiger partial charge in [0, 0.05) is 17.3 Å². The third kappa shape index (κ3) is 4.85. The second-order valence-corrected chi connectivity index (χ2v) is 5.60. The van der Waals surface area contributed by atoms with Crippen LogP contribution in [0.5, 0.6) is 0 Å². The lowest BCUT2D eigenvalue weighted by Crippen LogP contribution is -2.44. The number of aromatic amines is 1. The number of nitrogens with two attached hydrogens (primary N) is 1. The number of benzene rings is 2. The summed E-state index contributed by atoms with van der Waals surface area (Å²) in [5, 5.41) is 26.5. The highest BCUT2D eigenvalue weighted by molar-refractivity contribution is 5.95. The van der Waals surface area contributed by atoms with E-state index in [0.717, 1.165) is 5.56 Å². The SMILES string of the molecule is Cl.N[C@@H](Cc1ccccc1)[C@H](O)C(=O)Nc1cccc(-c2nn[nH]n2)c1. The molecule has 0 aliphatic heterocycles. The number of carbonyl (C=O) groups excluding carboxylic acids is 1. The van der Waals surface area contributed by atoms with Gasteiger partial charge in [0.05, 0.1) is 0 Å². The predicted octanol–water partition coefficient (Wildman–Crippen LogP) is 1.16. The summed E-state index contributed by atoms with van der Waals surface area (Å²) in [4.78, 5) is 12.3. The Morgan fingerprint density at radius 3 is 2.65 bits per heavy atom. The lowest BCUT2D eigenvalue weighted by atomic mass is 10.0. The van der Waals surface area contributed by atoms with E-state index in [4.69, 9.17) is 5.73 Å². The molecule has 3 rings (SSSR count). The van der Waals surface area contributed by atoms with Gasteiger partial charge in [-0.15, -0.1) is 22.6 Å². The standard InChI is InChI=1S/C17H18N6O2.ClH/c18-14(9-11-5-2-1-3-6-11)15(24)17(25)19-13-8-4-7-12(10-13)16-20-22-23-21-16;/h1-8,10,14-15,24H,9,18H2,(H,19,25)(H,20,21,22,23);1H/t14-,15-;/m0./s1. The summed E-state index contributed by atoms with van der Waals surface area (Å²) >= 11 is 0. The first kappa shape index (κ1) is 19.5. The summed E-state index contributed by atoms with van der Waals surface area (Å²) in [5.41, 5.74) is 8.13. The third-order valence-electron chi connectivity index (χ3n) is 3.72. The zero-order valence-electron chi connectivity index (χ0n) is 13.7. The van der Waals surface area contributed by atoms with Gasteiger partial charge in [0.15, 0.2) is 0 Å². The second-order valence-electron chi connectivity index (χ2n) is 5.60. The van der Waals surface area contributed by atoms with E-state index in [1.165, 1.54) is 0 Å². The van der Waals surface area contributed by atoms with E-state index < -0.39 is 18.1 Å². The van der Waals surface area contributed by atoms with Crippen LogP contribution in [0.3, 0.4) is 0 Å². The Morgan fingerprint density at radius 2 is 1.96 bits per heavy atom. The Hall–Kier alpha value is -2.81. The first-order chi connectivity index (χ1) is 12.1. The number of nitrogens with zero attached hydrogens (tertiary/aromatic N) is 3. The van der Waals surface area contributed by atoms with Crippen molar-refractivity contribution in [3.8, 4) is 11.4 Å². The number of aromatic nitrogens is 4. The molecule has 136 valence electrons. The number of nitrogens with one attached hydrogen (secondary N) is 2. The average Bonchev–Trinajstić information content (AvgIpc) is 3.17. The zero-order valence-corrected chi connectivity index (χ0v) is 14.6. The molecule has 0 unspecified atom stereocenters. The van der Waals surface area contributed by atoms with Gasteiger partial charge in [0.25, 0.3) is 5.91 Å². The van der Waals surface area contributed by atoms with E-state index in [-0.39, 0.29) is 12.4 Å². The Bertz CT molecular complexity index is 828. The van der Waals surface area contributed by atoms with Gasteiger partial charge in [-0.05, 0) is 29.3 Å². The average molecular weight is 375 g/mol. The molecule has 0 spiro atoms. The number of H-pyrrole nitrogens is 1. The van der Waals surface area contributed by atoms with E-state index in [1.54, 1.807) is 24.3 Å². The van der Waals surface area contributed by atoms with Crippen LogP contribution >= 0.6 is 12.4 Å². The predicted molar refractivity (Wildman–Crippen MR) is 99.6 cm³/mol. The molecule has 5 N–H and O–H groups in total. The molecular formula is C17H19ClN6O2. The van der Waals surface area contributed by atoms with Crippen molar-refractivity contribution in [3.63, 3.8) is 0 Å². The fraction of sp³-hybridized carbons (Fsp3) is 0.176. The molecule has 0 radical (unpaired) electrons. The molecule has 2 aromatic carbocycles. The van der Waals surface area contributed by atoms with Crippen LogP contribution in [0.4, 0.5) is 5.69 Å². The molecule has 0 aliphatic rings. The maximum atomic E-state index is 12.3. The lowest BCUT2D eigenvalue weighted by Gasteiger charge is -2.18. The molecule has 0 saturated carbocycles. The van der Waals surface area contributed by atoms with Crippen LogP contribution in [0.25, 0.3) is 11.4 Å². The van der Waals surface area contributed by atoms with Crippen LogP contribution in [0.2, 0.25) is 0 Å². The first-order valence-corrected chi connectivity index (χ1v) is 7.76. The Labute approximate surface area is 156 Å². The van der Waals surface area contributed by atoms with Crippen molar-refractivity contribution in [1.29, 1.82) is 0 Å². The topological polar surface area (TPSA) is 130 Å². The van der Waals surface area contributed by atoms with Crippen molar-refractivity contribution in [2.45, 2.75) is 18.6 Å². The van der Waals surface area contributed by atoms with Crippen molar-refractivity contribution in [2.75, 3.05) is 5.32 Å². The van der Waals surface area contributed by atoms with E-state index in [1.807, 2.05) is 30.3 Å². The van der Waals surface area contributed by atoms with Gasteiger partial charge in [-0.2, -0.15) is 5.21 Å². The summed E-state index contributed by atoms with van der Waals surface area (Å²) in [6, 6.07) is 15.7. The molecule has 1 heterocycles. The maximum Gasteiger partial charge on any atom is 0.254 e. The highest BCUT2D eigenvalue weighted by atomic mass is 35.5. The van der Waals surface area contributed by atoms with Crippen LogP contribution in [0, 0.1) is 0 Å². The lowest BCUT2D eigenvalue weighted by molar-refractivity contribution is -0.124. The van der Waals surface area contributed by atoms with Crippen molar-refractivity contribution >= 4 is 24.0 Å². The van der Waals surface area contributed by atoms with Crippen molar-refractivity contribution < 1.29 is 9.90 Å². The van der Waals surface area contributed by atoms with E-state index in [2.05, 4.69) is 25.9 Å². The van der Waals surface area contributed by atoms with Gasteiger partial charge in [-0.3, -0.25) is 4.79 Å². The molecule has 8 nitrogen and oxygen atoms in total. The number of tetrazole rings is 1. The van der Waals surface area contributed by atoms with Gasteiger partial charge in [-0.1, -0.05) is 42.5 Å². The molecule has 1 aromatic heterocycles. The van der Waals surface area contributed by atoms with E-state index in [0.29, 0.717) is 23.5 Å². The number of hydrogen-bond donors (Lipinski definition) is 4. The van der Waals surface area contributed by atoms with Crippen molar-refractivity contribution in [3.05, 3.63) is 60.2 Å². The minimum Gasteiger partial charge on any atom is -0.382 e. The normalized spacial score (nSPS) is 12.7. The number of rotatable bonds is 6. The summed E-state index contributed by atoms with van der Waals surface area (Å²) in [6.07, 6.45) is -0.924. The van der Waals surface area contributed by atoms with Crippen LogP contribution in [-0.4, -0.2) is 43.8 Å². The fourth-order valence-corrected chi connectivity index (χ4v) is 2.43. The van der Waals surface area contributed by atoms with Crippen LogP contribution < -0.4 is 11.1 Å². The highest BCUT2D eigenvalue weighted by Gasteiger charge is 2.23. The molecule has 0 fully saturated rings. The summed E-state index contributed by atoms with van der Waals surface area (Å²) in [6.45, 7) is 0. The van der Waals surface area contributed by atoms with Crippen LogP contribution in [-0.2, 0) is 11.2 Å². The van der Waals surface area contributed by atoms with E-state index >= 15 is 0 Å². The van der Waals surface area contributed by atoms with Crippen LogP contribution in [0.1, 0.15) is 5.56 Å². The van der Waals surface area contributed by atoms with Gasteiger partial charge in [0.1, 0.15) is 6.10 Å². The third-order valence-corrected chi connectivity index (χ3v) is 3.72. The highest BCUT2D eigenvalue weighted by Crippen LogP contribution is 2.18. The summed E-state index contributed by atoms with van der Waals surface area (Å²) < 4.78 is 0. The molecule has 26 heavy (non-hydrogen) atoms. The number of aliphatic hydroxyl groups is 1.